The van der Waals surface area contributed by atoms with Crippen LogP contribution in [0.25, 0.3) is 0 Å². The van der Waals surface area contributed by atoms with Crippen LogP contribution in [0.3, 0.4) is 0 Å². The van der Waals surface area contributed by atoms with Crippen LogP contribution in [0.5, 0.6) is 0 Å². The summed E-state index contributed by atoms with van der Waals surface area (Å²) in [5, 5.41) is 11.8. The van der Waals surface area contributed by atoms with Crippen molar-refractivity contribution in [3.8, 4) is 0 Å². The minimum absolute atomic E-state index is 0.223. The first kappa shape index (κ1) is 12.8. The number of nitrogens with zero attached hydrogens (tertiary/aromatic N) is 1. The summed E-state index contributed by atoms with van der Waals surface area (Å²) >= 11 is 0. The highest BCUT2D eigenvalue weighted by molar-refractivity contribution is 5.82. The summed E-state index contributed by atoms with van der Waals surface area (Å²) < 4.78 is 0. The van der Waals surface area contributed by atoms with Crippen LogP contribution in [-0.4, -0.2) is 41.1 Å². The highest BCUT2D eigenvalue weighted by Gasteiger charge is 2.26. The Morgan fingerprint density at radius 2 is 2.00 bits per heavy atom. The predicted molar refractivity (Wildman–Crippen MR) is 60.3 cm³/mol. The van der Waals surface area contributed by atoms with Gasteiger partial charge in [0.15, 0.2) is 0 Å². The van der Waals surface area contributed by atoms with Crippen LogP contribution in [0.4, 0.5) is 4.79 Å². The van der Waals surface area contributed by atoms with Crippen LogP contribution in [0, 0.1) is 0 Å². The van der Waals surface area contributed by atoms with Gasteiger partial charge in [-0.1, -0.05) is 19.8 Å². The van der Waals surface area contributed by atoms with E-state index in [-0.39, 0.29) is 12.1 Å². The van der Waals surface area contributed by atoms with Crippen LogP contribution in [-0.2, 0) is 4.79 Å². The molecule has 1 rings (SSSR count). The van der Waals surface area contributed by atoms with Crippen molar-refractivity contribution in [2.75, 3.05) is 7.05 Å². The van der Waals surface area contributed by atoms with E-state index in [1.807, 2.05) is 0 Å². The van der Waals surface area contributed by atoms with E-state index in [0.717, 1.165) is 25.7 Å². The molecule has 0 spiro atoms. The first-order valence-electron chi connectivity index (χ1n) is 5.82. The fraction of sp³-hybridized carbons (Fsp3) is 0.818. The van der Waals surface area contributed by atoms with Gasteiger partial charge in [-0.3, -0.25) is 0 Å². The molecule has 1 fully saturated rings. The smallest absolute Gasteiger partial charge is 0.326 e. The average Bonchev–Trinajstić information content (AvgIpc) is 2.70. The van der Waals surface area contributed by atoms with Crippen LogP contribution in [0.1, 0.15) is 39.0 Å². The minimum Gasteiger partial charge on any atom is -0.480 e. The van der Waals surface area contributed by atoms with Gasteiger partial charge in [-0.15, -0.1) is 0 Å². The zero-order valence-electron chi connectivity index (χ0n) is 9.90. The fourth-order valence-electron chi connectivity index (χ4n) is 2.10. The standard InChI is InChI=1S/C11H20N2O3/c1-3-9(10(14)15)13(2)11(16)12-8-6-4-5-7-8/h8-9H,3-7H2,1-2H3,(H,12,16)(H,14,15). The zero-order chi connectivity index (χ0) is 12.1. The Kier molecular flexibility index (Phi) is 4.58. The van der Waals surface area contributed by atoms with Crippen LogP contribution in [0.15, 0.2) is 0 Å². The number of amides is 2. The van der Waals surface area contributed by atoms with Crippen molar-refractivity contribution < 1.29 is 14.7 Å². The third-order valence-corrected chi connectivity index (χ3v) is 3.14. The molecule has 0 aromatic heterocycles. The predicted octanol–water partition coefficient (Wildman–Crippen LogP) is 1.43. The van der Waals surface area contributed by atoms with E-state index in [2.05, 4.69) is 5.32 Å². The van der Waals surface area contributed by atoms with Crippen molar-refractivity contribution in [2.24, 2.45) is 0 Å². The Morgan fingerprint density at radius 3 is 2.44 bits per heavy atom. The largest absolute Gasteiger partial charge is 0.480 e. The van der Waals surface area contributed by atoms with Crippen LogP contribution < -0.4 is 5.32 Å². The summed E-state index contributed by atoms with van der Waals surface area (Å²) in [6, 6.07) is -0.788. The summed E-state index contributed by atoms with van der Waals surface area (Å²) in [6.07, 6.45) is 4.71. The third kappa shape index (κ3) is 3.12. The number of likely N-dealkylation sites (N-methyl/N-ethyl adjacent to an activating group) is 1. The molecule has 1 aliphatic carbocycles. The molecule has 16 heavy (non-hydrogen) atoms. The number of hydrogen-bond donors (Lipinski definition) is 2. The summed E-state index contributed by atoms with van der Waals surface area (Å²) in [6.45, 7) is 1.76. The Hall–Kier alpha value is -1.26. The summed E-state index contributed by atoms with van der Waals surface area (Å²) in [5.74, 6) is -0.952. The summed E-state index contributed by atoms with van der Waals surface area (Å²) in [5.41, 5.74) is 0. The van der Waals surface area contributed by atoms with Gasteiger partial charge in [-0.25, -0.2) is 9.59 Å². The Bertz CT molecular complexity index is 262. The highest BCUT2D eigenvalue weighted by atomic mass is 16.4. The lowest BCUT2D eigenvalue weighted by Gasteiger charge is -2.25. The SMILES string of the molecule is CCC(C(=O)O)N(C)C(=O)NC1CCCC1. The number of carboxylic acids is 1. The number of hydrogen-bond acceptors (Lipinski definition) is 2. The van der Waals surface area contributed by atoms with Gasteiger partial charge in [-0.05, 0) is 19.3 Å². The van der Waals surface area contributed by atoms with E-state index in [0.29, 0.717) is 6.42 Å². The highest BCUT2D eigenvalue weighted by Crippen LogP contribution is 2.18. The Labute approximate surface area is 95.8 Å². The second kappa shape index (κ2) is 5.72. The van der Waals surface area contributed by atoms with Gasteiger partial charge in [0.25, 0.3) is 0 Å². The van der Waals surface area contributed by atoms with Crippen molar-refractivity contribution >= 4 is 12.0 Å². The molecule has 0 aliphatic heterocycles. The van der Waals surface area contributed by atoms with Crippen molar-refractivity contribution in [1.82, 2.24) is 10.2 Å². The molecule has 1 aliphatic rings. The second-order valence-electron chi connectivity index (χ2n) is 4.30. The van der Waals surface area contributed by atoms with E-state index >= 15 is 0 Å². The van der Waals surface area contributed by atoms with E-state index < -0.39 is 12.0 Å². The van der Waals surface area contributed by atoms with Gasteiger partial charge < -0.3 is 15.3 Å². The molecule has 0 radical (unpaired) electrons. The first-order valence-corrected chi connectivity index (χ1v) is 5.82. The average molecular weight is 228 g/mol. The monoisotopic (exact) mass is 228 g/mol. The van der Waals surface area contributed by atoms with Gasteiger partial charge in [0.1, 0.15) is 6.04 Å². The molecule has 0 saturated heterocycles. The lowest BCUT2D eigenvalue weighted by Crippen LogP contribution is -2.49. The molecule has 92 valence electrons. The molecule has 5 nitrogen and oxygen atoms in total. The maximum atomic E-state index is 11.8. The molecule has 2 N–H and O–H groups in total. The number of aliphatic carboxylic acids is 1. The van der Waals surface area contributed by atoms with E-state index in [1.54, 1.807) is 6.92 Å². The first-order chi connectivity index (χ1) is 7.56. The Morgan fingerprint density at radius 1 is 1.44 bits per heavy atom. The number of nitrogens with one attached hydrogen (secondary N) is 1. The molecular weight excluding hydrogens is 208 g/mol. The molecule has 1 saturated carbocycles. The quantitative estimate of drug-likeness (QED) is 0.764. The molecular formula is C11H20N2O3. The summed E-state index contributed by atoms with van der Waals surface area (Å²) in [4.78, 5) is 23.9. The van der Waals surface area contributed by atoms with Gasteiger partial charge in [-0.2, -0.15) is 0 Å². The van der Waals surface area contributed by atoms with Gasteiger partial charge in [0.2, 0.25) is 0 Å². The van der Waals surface area contributed by atoms with E-state index in [9.17, 15) is 9.59 Å². The van der Waals surface area contributed by atoms with Crippen LogP contribution in [0.2, 0.25) is 0 Å². The van der Waals surface area contributed by atoms with Crippen molar-refractivity contribution in [2.45, 2.75) is 51.1 Å². The zero-order valence-corrected chi connectivity index (χ0v) is 9.90. The van der Waals surface area contributed by atoms with Gasteiger partial charge in [0.05, 0.1) is 0 Å². The number of rotatable bonds is 4. The van der Waals surface area contributed by atoms with Crippen molar-refractivity contribution in [3.63, 3.8) is 0 Å². The van der Waals surface area contributed by atoms with Gasteiger partial charge >= 0.3 is 12.0 Å². The minimum atomic E-state index is -0.952. The summed E-state index contributed by atoms with van der Waals surface area (Å²) in [7, 11) is 1.53. The number of carbonyl (C=O) groups is 2. The molecule has 0 aromatic rings. The molecule has 0 bridgehead atoms. The molecule has 1 unspecified atom stereocenters. The van der Waals surface area contributed by atoms with E-state index in [1.165, 1.54) is 11.9 Å². The fourth-order valence-corrected chi connectivity index (χ4v) is 2.10. The molecule has 0 heterocycles. The molecule has 2 amide bonds. The topological polar surface area (TPSA) is 69.6 Å². The maximum Gasteiger partial charge on any atom is 0.326 e. The van der Waals surface area contributed by atoms with Crippen molar-refractivity contribution in [1.29, 1.82) is 0 Å². The van der Waals surface area contributed by atoms with E-state index in [4.69, 9.17) is 5.11 Å². The Balaban J connectivity index is 2.48. The third-order valence-electron chi connectivity index (χ3n) is 3.14. The number of carboxylic acid groups (broad SMARTS) is 1. The molecule has 0 aromatic carbocycles. The molecule has 1 atom stereocenters. The lowest BCUT2D eigenvalue weighted by molar-refractivity contribution is -0.141. The lowest BCUT2D eigenvalue weighted by atomic mass is 10.2. The van der Waals surface area contributed by atoms with Crippen molar-refractivity contribution in [3.05, 3.63) is 0 Å². The van der Waals surface area contributed by atoms with Crippen LogP contribution >= 0.6 is 0 Å². The second-order valence-corrected chi connectivity index (χ2v) is 4.30. The normalized spacial score (nSPS) is 18.1. The maximum absolute atomic E-state index is 11.8. The molecule has 5 heteroatoms. The van der Waals surface area contributed by atoms with Gasteiger partial charge in [0, 0.05) is 13.1 Å². The number of urea groups is 1. The number of carbonyl (C=O) groups excluding carboxylic acids is 1.